The molecule has 0 saturated heterocycles. The van der Waals surface area contributed by atoms with Gasteiger partial charge in [-0.25, -0.2) is 0 Å². The normalized spacial score (nSPS) is 16.8. The first-order valence-corrected chi connectivity index (χ1v) is 22.7. The van der Waals surface area contributed by atoms with Crippen molar-refractivity contribution in [3.05, 3.63) is 114 Å². The third kappa shape index (κ3) is 7.06. The van der Waals surface area contributed by atoms with E-state index in [0.29, 0.717) is 9.54 Å². The number of fused-ring (bicyclic) bond motifs is 3. The minimum absolute atomic E-state index is 0. The molecule has 0 bridgehead atoms. The van der Waals surface area contributed by atoms with Gasteiger partial charge < -0.3 is 24.8 Å². The summed E-state index contributed by atoms with van der Waals surface area (Å²) in [5, 5.41) is 1.63. The Labute approximate surface area is 281 Å². The number of halogens is 3. The molecule has 228 valence electrons. The second kappa shape index (κ2) is 12.8. The van der Waals surface area contributed by atoms with Gasteiger partial charge in [0.05, 0.1) is 0 Å². The zero-order chi connectivity index (χ0) is 30.1. The Kier molecular flexibility index (Phi) is 10.7. The largest absolute Gasteiger partial charge is 1.00 e. The van der Waals surface area contributed by atoms with Crippen LogP contribution in [0.1, 0.15) is 86.8 Å². The van der Waals surface area contributed by atoms with E-state index in [1.54, 1.807) is 26.2 Å². The second-order valence-corrected chi connectivity index (χ2v) is 26.1. The molecule has 1 unspecified atom stereocenters. The van der Waals surface area contributed by atoms with E-state index in [2.05, 4.69) is 121 Å². The second-order valence-electron chi connectivity index (χ2n) is 15.3. The number of allylic oxidation sites excluding steroid dienone is 4. The summed E-state index contributed by atoms with van der Waals surface area (Å²) >= 11 is -2.61. The van der Waals surface area contributed by atoms with Crippen LogP contribution in [-0.2, 0) is 32.1 Å². The van der Waals surface area contributed by atoms with E-state index in [-0.39, 0.29) is 41.5 Å². The molecule has 0 heterocycles. The summed E-state index contributed by atoms with van der Waals surface area (Å²) in [5.74, 6) is 0.290. The summed E-state index contributed by atoms with van der Waals surface area (Å²) in [6, 6.07) is 21.9. The van der Waals surface area contributed by atoms with Crippen LogP contribution in [0.2, 0.25) is 19.6 Å². The Morgan fingerprint density at radius 1 is 0.744 bits per heavy atom. The first kappa shape index (κ1) is 36.1. The van der Waals surface area contributed by atoms with Crippen LogP contribution in [0.3, 0.4) is 0 Å². The van der Waals surface area contributed by atoms with E-state index in [4.69, 9.17) is 0 Å². The van der Waals surface area contributed by atoms with Crippen molar-refractivity contribution in [2.24, 2.45) is 5.92 Å². The third-order valence-electron chi connectivity index (χ3n) is 9.05. The SMILES string of the molecule is CC1=[C](/[Zr+2](=[CH]/c2ccc(F)cc2)[CH]2c3ccc(C(C)(C)C)cc3-c3cc(C(C)(C)C)ccc32)C(C)C=C1[Si](C)(C)C.[Cl-].[Cl-]. The summed E-state index contributed by atoms with van der Waals surface area (Å²) in [7, 11) is -1.48. The number of benzene rings is 3. The molecule has 0 radical (unpaired) electrons. The van der Waals surface area contributed by atoms with Crippen LogP contribution in [0.5, 0.6) is 0 Å². The molecule has 0 aromatic heterocycles. The maximum absolute atomic E-state index is 14.0. The van der Waals surface area contributed by atoms with Crippen molar-refractivity contribution in [2.75, 3.05) is 0 Å². The molecule has 0 nitrogen and oxygen atoms in total. The van der Waals surface area contributed by atoms with E-state index in [1.807, 2.05) is 12.1 Å². The molecule has 3 aromatic rings. The first-order valence-electron chi connectivity index (χ1n) is 15.2. The van der Waals surface area contributed by atoms with Crippen LogP contribution in [0, 0.1) is 11.7 Å². The summed E-state index contributed by atoms with van der Waals surface area (Å²) in [5.41, 5.74) is 11.6. The van der Waals surface area contributed by atoms with Crippen molar-refractivity contribution < 1.29 is 50.5 Å². The molecule has 5 heteroatoms. The van der Waals surface area contributed by atoms with Crippen molar-refractivity contribution in [1.29, 1.82) is 0 Å². The summed E-state index contributed by atoms with van der Waals surface area (Å²) < 4.78 is 18.7. The van der Waals surface area contributed by atoms with E-state index >= 15 is 0 Å². The van der Waals surface area contributed by atoms with Crippen molar-refractivity contribution >= 4 is 11.8 Å². The topological polar surface area (TPSA) is 0 Å². The molecule has 0 amide bonds. The molecule has 0 fully saturated rings. The average Bonchev–Trinajstić information content (AvgIpc) is 3.35. The minimum Gasteiger partial charge on any atom is -1.00 e. The van der Waals surface area contributed by atoms with E-state index in [9.17, 15) is 4.39 Å². The van der Waals surface area contributed by atoms with Gasteiger partial charge in [0.25, 0.3) is 0 Å². The van der Waals surface area contributed by atoms with Crippen molar-refractivity contribution in [2.45, 2.75) is 89.5 Å². The average molecular weight is 713 g/mol. The summed E-state index contributed by atoms with van der Waals surface area (Å²) in [6.45, 7) is 26.2. The van der Waals surface area contributed by atoms with E-state index < -0.39 is 29.3 Å². The van der Waals surface area contributed by atoms with Gasteiger partial charge in [-0.2, -0.15) is 0 Å². The number of hydrogen-bond donors (Lipinski definition) is 0. The van der Waals surface area contributed by atoms with Gasteiger partial charge in [0, 0.05) is 0 Å². The Morgan fingerprint density at radius 3 is 1.60 bits per heavy atom. The molecule has 3 aromatic carbocycles. The van der Waals surface area contributed by atoms with Crippen LogP contribution in [0.4, 0.5) is 4.39 Å². The Morgan fingerprint density at radius 2 is 1.21 bits per heavy atom. The maximum Gasteiger partial charge on any atom is -1.00 e. The van der Waals surface area contributed by atoms with Crippen LogP contribution in [0.25, 0.3) is 11.1 Å². The number of rotatable bonds is 4. The van der Waals surface area contributed by atoms with Crippen LogP contribution in [-0.4, -0.2) is 11.8 Å². The predicted molar refractivity (Wildman–Crippen MR) is 176 cm³/mol. The Hall–Kier alpha value is -1.38. The summed E-state index contributed by atoms with van der Waals surface area (Å²) in [4.78, 5) is 0. The minimum atomic E-state index is -2.61. The standard InChI is InChI=1S/C21H25.C10H17Si.C7H5F.2ClH.Zr/c1-20(2,3)16-9-7-14-11-15-8-10-17(21(4,5)6)13-19(15)18(14)12-16;1-8-6-9(2)10(7-8)11(3,4)5;1-6-2-4-7(8)5-3-6;;;/h7-13H,1-6H3;7-8H,1-5H3;1-5H;2*1H;/q;;;;;+2/p-2. The van der Waals surface area contributed by atoms with E-state index in [0.717, 1.165) is 0 Å². The number of hydrogen-bond acceptors (Lipinski definition) is 0. The van der Waals surface area contributed by atoms with E-state index in [1.165, 1.54) is 38.9 Å². The molecule has 0 saturated carbocycles. The van der Waals surface area contributed by atoms with Gasteiger partial charge in [-0.3, -0.25) is 0 Å². The zero-order valence-electron chi connectivity index (χ0n) is 27.7. The fourth-order valence-electron chi connectivity index (χ4n) is 6.81. The molecular weight excluding hydrogens is 666 g/mol. The monoisotopic (exact) mass is 710 g/mol. The third-order valence-corrected chi connectivity index (χ3v) is 19.4. The molecule has 0 aliphatic heterocycles. The molecule has 0 N–H and O–H groups in total. The fourth-order valence-corrected chi connectivity index (χ4v) is 17.8. The molecule has 2 aliphatic rings. The molecule has 2 aliphatic carbocycles. The van der Waals surface area contributed by atoms with Gasteiger partial charge >= 0.3 is 258 Å². The fraction of sp³-hybridized carbons (Fsp3) is 0.395. The van der Waals surface area contributed by atoms with Crippen molar-refractivity contribution in [3.8, 4) is 11.1 Å². The molecule has 5 rings (SSSR count). The maximum atomic E-state index is 14.0. The zero-order valence-corrected chi connectivity index (χ0v) is 32.7. The molecule has 43 heavy (non-hydrogen) atoms. The van der Waals surface area contributed by atoms with Gasteiger partial charge in [-0.05, 0) is 0 Å². The molecule has 1 atom stereocenters. The Bertz CT molecular complexity index is 1550. The van der Waals surface area contributed by atoms with Crippen LogP contribution in [0.15, 0.2) is 80.8 Å². The summed E-state index contributed by atoms with van der Waals surface area (Å²) in [6.07, 6.45) is 2.60. The first-order chi connectivity index (χ1) is 19.0. The van der Waals surface area contributed by atoms with Crippen molar-refractivity contribution in [3.63, 3.8) is 0 Å². The van der Waals surface area contributed by atoms with Gasteiger partial charge in [0.15, 0.2) is 0 Å². The van der Waals surface area contributed by atoms with Crippen LogP contribution >= 0.6 is 0 Å². The predicted octanol–water partition coefficient (Wildman–Crippen LogP) is 4.69. The van der Waals surface area contributed by atoms with Gasteiger partial charge in [-0.1, -0.05) is 0 Å². The van der Waals surface area contributed by atoms with Crippen molar-refractivity contribution in [1.82, 2.24) is 0 Å². The molecular formula is C38H47Cl2FSiZr. The van der Waals surface area contributed by atoms with Crippen LogP contribution < -0.4 is 24.8 Å². The quantitative estimate of drug-likeness (QED) is 0.345. The van der Waals surface area contributed by atoms with Gasteiger partial charge in [-0.15, -0.1) is 0 Å². The smallest absolute Gasteiger partial charge is 1.00 e. The van der Waals surface area contributed by atoms with Gasteiger partial charge in [0.2, 0.25) is 0 Å². The molecule has 0 spiro atoms. The Balaban J connectivity index is 0.00000253. The van der Waals surface area contributed by atoms with Gasteiger partial charge in [0.1, 0.15) is 0 Å².